The van der Waals surface area contributed by atoms with Gasteiger partial charge in [0.25, 0.3) is 0 Å². The van der Waals surface area contributed by atoms with Gasteiger partial charge >= 0.3 is 11.2 Å². The molecule has 0 rings (SSSR count). The summed E-state index contributed by atoms with van der Waals surface area (Å²) in [6, 6.07) is 0. The van der Waals surface area contributed by atoms with Crippen LogP contribution in [0.1, 0.15) is 0 Å². The van der Waals surface area contributed by atoms with Crippen LogP contribution in [-0.4, -0.2) is 17.8 Å². The smallest absolute Gasteiger partial charge is 0.288 e. The molecule has 0 spiro atoms. The van der Waals surface area contributed by atoms with Crippen molar-refractivity contribution in [3.63, 3.8) is 0 Å². The zero-order valence-corrected chi connectivity index (χ0v) is 5.76. The highest BCUT2D eigenvalue weighted by Crippen LogP contribution is 1.86. The fourth-order valence-electron chi connectivity index (χ4n) is 0.168. The molecule has 56 valence electrons. The van der Waals surface area contributed by atoms with Crippen molar-refractivity contribution in [3.8, 4) is 0 Å². The zero-order chi connectivity index (χ0) is 7.98. The molecule has 5 heteroatoms. The monoisotopic (exact) mass is 164 g/mol. The predicted octanol–water partition coefficient (Wildman–Crippen LogP) is 0.413. The lowest BCUT2D eigenvalue weighted by Gasteiger charge is -1.94. The molecule has 0 unspecified atom stereocenters. The first kappa shape index (κ1) is 9.13. The second-order valence-electron chi connectivity index (χ2n) is 1.22. The molecule has 10 heavy (non-hydrogen) atoms. The molecule has 0 saturated heterocycles. The average Bonchev–Trinajstić information content (AvgIpc) is 1.88. The summed E-state index contributed by atoms with van der Waals surface area (Å²) in [7, 11) is 0. The minimum atomic E-state index is -1.23. The molecule has 0 saturated carbocycles. The molecule has 0 aromatic carbocycles. The van der Waals surface area contributed by atoms with Crippen LogP contribution in [0, 0.1) is 0 Å². The molecule has 0 fully saturated rings. The van der Waals surface area contributed by atoms with E-state index in [2.05, 4.69) is 28.0 Å². The normalized spacial score (nSPS) is 8.50. The summed E-state index contributed by atoms with van der Waals surface area (Å²) in [6.45, 7) is 3.29. The zero-order valence-electron chi connectivity index (χ0n) is 5.00. The fraction of sp³-hybridized carbons (Fsp3) is 0.200. The lowest BCUT2D eigenvalue weighted by atomic mass is 10.7. The minimum absolute atomic E-state index is 0.0237. The summed E-state index contributed by atoms with van der Waals surface area (Å²) in [5.74, 6) is -1.23. The van der Waals surface area contributed by atoms with Gasteiger partial charge in [-0.05, 0) is 11.6 Å². The molecule has 0 heterocycles. The Morgan fingerprint density at radius 2 is 2.20 bits per heavy atom. The molecule has 0 aliphatic heterocycles. The van der Waals surface area contributed by atoms with Crippen molar-refractivity contribution in [2.24, 2.45) is 0 Å². The Morgan fingerprint density at radius 3 is 2.60 bits per heavy atom. The molecule has 0 aromatic heterocycles. The van der Waals surface area contributed by atoms with Gasteiger partial charge in [-0.1, -0.05) is 6.08 Å². The first-order valence-corrected chi connectivity index (χ1v) is 2.70. The van der Waals surface area contributed by atoms with Gasteiger partial charge in [0, 0.05) is 0 Å². The maximum Gasteiger partial charge on any atom is 0.424 e. The Morgan fingerprint density at radius 1 is 1.60 bits per heavy atom. The third-order valence-electron chi connectivity index (χ3n) is 0.481. The Balaban J connectivity index is 3.40. The van der Waals surface area contributed by atoms with Crippen LogP contribution in [-0.2, 0) is 19.4 Å². The lowest BCUT2D eigenvalue weighted by Crippen LogP contribution is -2.11. The second-order valence-corrected chi connectivity index (χ2v) is 1.56. The molecule has 0 amide bonds. The first-order valence-electron chi connectivity index (χ1n) is 2.32. The van der Waals surface area contributed by atoms with Gasteiger partial charge in [-0.15, -0.1) is 6.58 Å². The molecule has 0 N–H and O–H groups in total. The molecule has 0 bridgehead atoms. The highest BCUT2D eigenvalue weighted by Gasteiger charge is 2.11. The fourth-order valence-corrected chi connectivity index (χ4v) is 0.200. The van der Waals surface area contributed by atoms with Gasteiger partial charge in [0.1, 0.15) is 6.61 Å². The van der Waals surface area contributed by atoms with Crippen LogP contribution in [0.3, 0.4) is 0 Å². The van der Waals surface area contributed by atoms with Gasteiger partial charge in [-0.3, -0.25) is 9.68 Å². The van der Waals surface area contributed by atoms with Crippen molar-refractivity contribution >= 4 is 22.8 Å². The van der Waals surface area contributed by atoms with Crippen LogP contribution < -0.4 is 0 Å². The number of hydrogen-bond donors (Lipinski definition) is 0. The van der Waals surface area contributed by atoms with E-state index in [1.165, 1.54) is 6.08 Å². The minimum Gasteiger partial charge on any atom is -0.288 e. The first-order chi connectivity index (χ1) is 4.68. The van der Waals surface area contributed by atoms with Gasteiger partial charge < -0.3 is 0 Å². The summed E-state index contributed by atoms with van der Waals surface area (Å²) in [5.41, 5.74) is 0. The third kappa shape index (κ3) is 4.05. The van der Waals surface area contributed by atoms with E-state index in [4.69, 9.17) is 0 Å². The maximum atomic E-state index is 10.2. The van der Waals surface area contributed by atoms with Crippen LogP contribution in [0.5, 0.6) is 0 Å². The summed E-state index contributed by atoms with van der Waals surface area (Å²) in [4.78, 5) is 28.1. The Bertz CT molecular complexity index is 154. The number of hydrogen-bond acceptors (Lipinski definition) is 4. The van der Waals surface area contributed by atoms with Gasteiger partial charge in [-0.25, -0.2) is 4.79 Å². The van der Waals surface area contributed by atoms with Crippen LogP contribution in [0.2, 0.25) is 0 Å². The van der Waals surface area contributed by atoms with Crippen LogP contribution in [0.25, 0.3) is 0 Å². The molecule has 0 aliphatic rings. The summed E-state index contributed by atoms with van der Waals surface area (Å²) in [6.07, 6.45) is 1.35. The summed E-state index contributed by atoms with van der Waals surface area (Å²) >= 11 is 4.69. The molecular formula is C5H5ClO4. The van der Waals surface area contributed by atoms with Crippen molar-refractivity contribution in [1.82, 2.24) is 0 Å². The second kappa shape index (κ2) is 4.96. The topological polar surface area (TPSA) is 52.6 Å². The largest absolute Gasteiger partial charge is 0.424 e. The van der Waals surface area contributed by atoms with Gasteiger partial charge in [-0.2, -0.15) is 4.89 Å². The molecule has 0 radical (unpaired) electrons. The molecule has 0 aliphatic carbocycles. The van der Waals surface area contributed by atoms with E-state index in [-0.39, 0.29) is 6.61 Å². The van der Waals surface area contributed by atoms with Crippen LogP contribution in [0.4, 0.5) is 0 Å². The number of halogens is 1. The summed E-state index contributed by atoms with van der Waals surface area (Å²) < 4.78 is 0. The van der Waals surface area contributed by atoms with Crippen molar-refractivity contribution in [3.05, 3.63) is 12.7 Å². The number of carbonyl (C=O) groups excluding carboxylic acids is 2. The van der Waals surface area contributed by atoms with Gasteiger partial charge in [0.05, 0.1) is 0 Å². The average molecular weight is 165 g/mol. The van der Waals surface area contributed by atoms with E-state index in [0.717, 1.165) is 0 Å². The third-order valence-corrected chi connectivity index (χ3v) is 0.635. The van der Waals surface area contributed by atoms with Crippen LogP contribution in [0.15, 0.2) is 12.7 Å². The molecule has 0 atom stereocenters. The SMILES string of the molecule is C=CCOOC(=O)C(=O)Cl. The highest BCUT2D eigenvalue weighted by atomic mass is 35.5. The lowest BCUT2D eigenvalue weighted by molar-refractivity contribution is -0.261. The van der Waals surface area contributed by atoms with Gasteiger partial charge in [0.15, 0.2) is 0 Å². The van der Waals surface area contributed by atoms with E-state index in [1.807, 2.05) is 0 Å². The van der Waals surface area contributed by atoms with Crippen molar-refractivity contribution in [2.75, 3.05) is 6.61 Å². The van der Waals surface area contributed by atoms with Crippen molar-refractivity contribution in [1.29, 1.82) is 0 Å². The quantitative estimate of drug-likeness (QED) is 0.151. The maximum absolute atomic E-state index is 10.2. The van der Waals surface area contributed by atoms with E-state index < -0.39 is 11.2 Å². The van der Waals surface area contributed by atoms with E-state index in [0.29, 0.717) is 0 Å². The van der Waals surface area contributed by atoms with Crippen molar-refractivity contribution < 1.29 is 19.4 Å². The van der Waals surface area contributed by atoms with E-state index in [1.54, 1.807) is 0 Å². The number of rotatable bonds is 4. The Hall–Kier alpha value is -0.870. The number of carbonyl (C=O) groups is 2. The standard InChI is InChI=1S/C5H5ClO4/c1-2-3-9-10-5(8)4(6)7/h2H,1,3H2. The molecule has 0 aromatic rings. The van der Waals surface area contributed by atoms with E-state index in [9.17, 15) is 9.59 Å². The predicted molar refractivity (Wildman–Crippen MR) is 33.1 cm³/mol. The Kier molecular flexibility index (Phi) is 4.53. The van der Waals surface area contributed by atoms with Crippen molar-refractivity contribution in [2.45, 2.75) is 0 Å². The molecule has 4 nitrogen and oxygen atoms in total. The van der Waals surface area contributed by atoms with E-state index >= 15 is 0 Å². The highest BCUT2D eigenvalue weighted by molar-refractivity contribution is 6.80. The Labute approximate surface area is 62.3 Å². The summed E-state index contributed by atoms with van der Waals surface area (Å²) in [5, 5.41) is -1.22. The molecular weight excluding hydrogens is 160 g/mol. The van der Waals surface area contributed by atoms with Crippen LogP contribution >= 0.6 is 11.6 Å². The van der Waals surface area contributed by atoms with Gasteiger partial charge in [0.2, 0.25) is 0 Å².